The second-order valence-electron chi connectivity index (χ2n) is 6.53. The van der Waals surface area contributed by atoms with E-state index >= 15 is 0 Å². The van der Waals surface area contributed by atoms with Gasteiger partial charge in [0, 0.05) is 18.7 Å². The van der Waals surface area contributed by atoms with Gasteiger partial charge in [-0.25, -0.2) is 0 Å². The third-order valence-electron chi connectivity index (χ3n) is 5.01. The quantitative estimate of drug-likeness (QED) is 0.929. The summed E-state index contributed by atoms with van der Waals surface area (Å²) in [6.07, 6.45) is 4.05. The number of methoxy groups -OCH3 is 1. The fraction of sp³-hybridized carbons (Fsp3) is 0.647. The molecule has 2 aliphatic rings. The van der Waals surface area contributed by atoms with Crippen molar-refractivity contribution in [3.8, 4) is 5.75 Å². The summed E-state index contributed by atoms with van der Waals surface area (Å²) in [5, 5.41) is 3.49. The van der Waals surface area contributed by atoms with Gasteiger partial charge in [0.15, 0.2) is 0 Å². The first-order valence-electron chi connectivity index (χ1n) is 7.77. The molecule has 2 aliphatic heterocycles. The molecule has 2 saturated heterocycles. The predicted octanol–water partition coefficient (Wildman–Crippen LogP) is 3.00. The summed E-state index contributed by atoms with van der Waals surface area (Å²) in [4.78, 5) is 2.61. The van der Waals surface area contributed by atoms with Crippen LogP contribution >= 0.6 is 12.4 Å². The number of hydrogen-bond acceptors (Lipinski definition) is 3. The minimum atomic E-state index is 0. The van der Waals surface area contributed by atoms with Crippen molar-refractivity contribution in [3.63, 3.8) is 0 Å². The highest BCUT2D eigenvalue weighted by Gasteiger charge is 2.38. The Balaban J connectivity index is 0.00000161. The molecule has 0 aromatic heterocycles. The van der Waals surface area contributed by atoms with E-state index in [0.717, 1.165) is 12.3 Å². The van der Waals surface area contributed by atoms with E-state index in [9.17, 15) is 0 Å². The molecule has 0 unspecified atom stereocenters. The lowest BCUT2D eigenvalue weighted by molar-refractivity contribution is 0.193. The zero-order valence-corrected chi connectivity index (χ0v) is 14.0. The molecule has 0 saturated carbocycles. The highest BCUT2D eigenvalue weighted by atomic mass is 35.5. The SMILES string of the molecule is COc1ccc(C)cc1CN1CCC2(CCNCC2)C1.Cl. The van der Waals surface area contributed by atoms with Gasteiger partial charge in [0.25, 0.3) is 0 Å². The van der Waals surface area contributed by atoms with Crippen LogP contribution in [0.5, 0.6) is 5.75 Å². The molecule has 21 heavy (non-hydrogen) atoms. The van der Waals surface area contributed by atoms with Crippen LogP contribution in [0.25, 0.3) is 0 Å². The normalized spacial score (nSPS) is 21.2. The van der Waals surface area contributed by atoms with Crippen LogP contribution in [-0.2, 0) is 6.54 Å². The van der Waals surface area contributed by atoms with E-state index in [4.69, 9.17) is 4.74 Å². The van der Waals surface area contributed by atoms with Crippen LogP contribution in [0, 0.1) is 12.3 Å². The summed E-state index contributed by atoms with van der Waals surface area (Å²) in [5.41, 5.74) is 3.23. The van der Waals surface area contributed by atoms with E-state index in [2.05, 4.69) is 35.3 Å². The molecule has 3 nitrogen and oxygen atoms in total. The number of hydrogen-bond donors (Lipinski definition) is 1. The highest BCUT2D eigenvalue weighted by Crippen LogP contribution is 2.39. The Labute approximate surface area is 134 Å². The van der Waals surface area contributed by atoms with Crippen LogP contribution in [0.3, 0.4) is 0 Å². The summed E-state index contributed by atoms with van der Waals surface area (Å²) in [7, 11) is 1.77. The zero-order chi connectivity index (χ0) is 14.0. The molecule has 118 valence electrons. The van der Waals surface area contributed by atoms with Crippen LogP contribution in [-0.4, -0.2) is 38.2 Å². The molecule has 1 aromatic carbocycles. The molecule has 1 N–H and O–H groups in total. The lowest BCUT2D eigenvalue weighted by atomic mass is 9.78. The van der Waals surface area contributed by atoms with Gasteiger partial charge in [-0.3, -0.25) is 4.90 Å². The first-order valence-corrected chi connectivity index (χ1v) is 7.77. The Bertz CT molecular complexity index is 472. The second kappa shape index (κ2) is 6.99. The van der Waals surface area contributed by atoms with Gasteiger partial charge in [0.1, 0.15) is 5.75 Å². The van der Waals surface area contributed by atoms with E-state index in [1.807, 2.05) is 0 Å². The summed E-state index contributed by atoms with van der Waals surface area (Å²) < 4.78 is 5.51. The van der Waals surface area contributed by atoms with E-state index in [-0.39, 0.29) is 12.4 Å². The van der Waals surface area contributed by atoms with Gasteiger partial charge in [0.05, 0.1) is 7.11 Å². The number of nitrogens with one attached hydrogen (secondary N) is 1. The number of ether oxygens (including phenoxy) is 1. The number of halogens is 1. The van der Waals surface area contributed by atoms with Crippen molar-refractivity contribution >= 4 is 12.4 Å². The minimum absolute atomic E-state index is 0. The van der Waals surface area contributed by atoms with Gasteiger partial charge in [0.2, 0.25) is 0 Å². The Morgan fingerprint density at radius 1 is 1.24 bits per heavy atom. The lowest BCUT2D eigenvalue weighted by Gasteiger charge is -2.34. The smallest absolute Gasteiger partial charge is 0.123 e. The van der Waals surface area contributed by atoms with Crippen LogP contribution in [0.15, 0.2) is 18.2 Å². The molecule has 0 aliphatic carbocycles. The van der Waals surface area contributed by atoms with Gasteiger partial charge in [-0.2, -0.15) is 0 Å². The molecule has 0 atom stereocenters. The average molecular weight is 311 g/mol. The number of benzene rings is 1. The van der Waals surface area contributed by atoms with Gasteiger partial charge in [-0.1, -0.05) is 17.7 Å². The third kappa shape index (κ3) is 3.71. The summed E-state index contributed by atoms with van der Waals surface area (Å²) in [5.74, 6) is 1.03. The van der Waals surface area contributed by atoms with Crippen molar-refractivity contribution in [2.75, 3.05) is 33.3 Å². The number of aryl methyl sites for hydroxylation is 1. The van der Waals surface area contributed by atoms with Crippen LogP contribution in [0.1, 0.15) is 30.4 Å². The Kier molecular flexibility index (Phi) is 5.53. The molecule has 0 bridgehead atoms. The van der Waals surface area contributed by atoms with E-state index in [1.165, 1.54) is 56.6 Å². The summed E-state index contributed by atoms with van der Waals surface area (Å²) in [6.45, 7) is 8.06. The number of rotatable bonds is 3. The van der Waals surface area contributed by atoms with Crippen LogP contribution < -0.4 is 10.1 Å². The first-order chi connectivity index (χ1) is 9.71. The fourth-order valence-corrected chi connectivity index (χ4v) is 3.80. The largest absolute Gasteiger partial charge is 0.496 e. The molecule has 1 aromatic rings. The van der Waals surface area contributed by atoms with Crippen LogP contribution in [0.4, 0.5) is 0 Å². The third-order valence-corrected chi connectivity index (χ3v) is 5.01. The van der Waals surface area contributed by atoms with Gasteiger partial charge < -0.3 is 10.1 Å². The molecule has 2 heterocycles. The minimum Gasteiger partial charge on any atom is -0.496 e. The molecule has 0 amide bonds. The summed E-state index contributed by atoms with van der Waals surface area (Å²) in [6, 6.07) is 6.49. The summed E-state index contributed by atoms with van der Waals surface area (Å²) >= 11 is 0. The van der Waals surface area contributed by atoms with Gasteiger partial charge >= 0.3 is 0 Å². The van der Waals surface area contributed by atoms with E-state index in [0.29, 0.717) is 5.41 Å². The average Bonchev–Trinajstić information content (AvgIpc) is 2.82. The topological polar surface area (TPSA) is 24.5 Å². The monoisotopic (exact) mass is 310 g/mol. The molecule has 0 radical (unpaired) electrons. The van der Waals surface area contributed by atoms with Gasteiger partial charge in [-0.05, 0) is 57.3 Å². The standard InChI is InChI=1S/C17H26N2O.ClH/c1-14-3-4-16(20-2)15(11-14)12-19-10-7-17(13-19)5-8-18-9-6-17;/h3-4,11,18H,5-10,12-13H2,1-2H3;1H. The van der Waals surface area contributed by atoms with Crippen molar-refractivity contribution < 1.29 is 4.74 Å². The fourth-order valence-electron chi connectivity index (χ4n) is 3.80. The maximum Gasteiger partial charge on any atom is 0.123 e. The van der Waals surface area contributed by atoms with Crippen molar-refractivity contribution in [2.45, 2.75) is 32.7 Å². The molecule has 2 fully saturated rings. The molecular weight excluding hydrogens is 284 g/mol. The molecule has 4 heteroatoms. The maximum atomic E-state index is 5.51. The van der Waals surface area contributed by atoms with E-state index < -0.39 is 0 Å². The van der Waals surface area contributed by atoms with Crippen molar-refractivity contribution in [1.82, 2.24) is 10.2 Å². The Hall–Kier alpha value is -0.770. The number of nitrogens with zero attached hydrogens (tertiary/aromatic N) is 1. The molecular formula is C17H27ClN2O. The number of likely N-dealkylation sites (tertiary alicyclic amines) is 1. The van der Waals surface area contributed by atoms with Gasteiger partial charge in [-0.15, -0.1) is 12.4 Å². The van der Waals surface area contributed by atoms with E-state index in [1.54, 1.807) is 7.11 Å². The van der Waals surface area contributed by atoms with Crippen LogP contribution in [0.2, 0.25) is 0 Å². The highest BCUT2D eigenvalue weighted by molar-refractivity contribution is 5.85. The number of piperidine rings is 1. The first kappa shape index (κ1) is 16.6. The Morgan fingerprint density at radius 2 is 2.00 bits per heavy atom. The van der Waals surface area contributed by atoms with Crippen molar-refractivity contribution in [2.24, 2.45) is 5.41 Å². The van der Waals surface area contributed by atoms with Crippen molar-refractivity contribution in [1.29, 1.82) is 0 Å². The Morgan fingerprint density at radius 3 is 2.71 bits per heavy atom. The predicted molar refractivity (Wildman–Crippen MR) is 89.4 cm³/mol. The molecule has 3 rings (SSSR count). The molecule has 1 spiro atoms. The van der Waals surface area contributed by atoms with Crippen molar-refractivity contribution in [3.05, 3.63) is 29.3 Å². The maximum absolute atomic E-state index is 5.51. The zero-order valence-electron chi connectivity index (χ0n) is 13.2. The second-order valence-corrected chi connectivity index (χ2v) is 6.53. The lowest BCUT2D eigenvalue weighted by Crippen LogP contribution is -2.38.